The van der Waals surface area contributed by atoms with Crippen LogP contribution in [0.3, 0.4) is 0 Å². The third-order valence-electron chi connectivity index (χ3n) is 4.72. The largest absolute Gasteiger partial charge is 0.313 e. The molecule has 1 aromatic rings. The number of benzene rings is 1. The first-order chi connectivity index (χ1) is 9.55. The lowest BCUT2D eigenvalue weighted by Gasteiger charge is -2.41. The Morgan fingerprint density at radius 3 is 2.65 bits per heavy atom. The van der Waals surface area contributed by atoms with Crippen LogP contribution in [0.25, 0.3) is 0 Å². The van der Waals surface area contributed by atoms with Gasteiger partial charge in [-0.2, -0.15) is 0 Å². The van der Waals surface area contributed by atoms with Gasteiger partial charge in [0.15, 0.2) is 0 Å². The summed E-state index contributed by atoms with van der Waals surface area (Å²) >= 11 is 6.01. The summed E-state index contributed by atoms with van der Waals surface area (Å²) < 4.78 is 14.0. The number of hydrogen-bond donors (Lipinski definition) is 1. The Balaban J connectivity index is 2.18. The lowest BCUT2D eigenvalue weighted by molar-refractivity contribution is 0.144. The molecule has 0 bridgehead atoms. The molecule has 0 heterocycles. The highest BCUT2D eigenvalue weighted by atomic mass is 35.5. The second-order valence-corrected chi connectivity index (χ2v) is 6.70. The van der Waals surface area contributed by atoms with E-state index in [0.29, 0.717) is 11.1 Å². The van der Waals surface area contributed by atoms with Crippen molar-refractivity contribution in [2.45, 2.75) is 58.4 Å². The maximum Gasteiger partial charge on any atom is 0.126 e. The van der Waals surface area contributed by atoms with Crippen molar-refractivity contribution in [2.75, 3.05) is 6.54 Å². The van der Waals surface area contributed by atoms with Crippen molar-refractivity contribution in [3.63, 3.8) is 0 Å². The van der Waals surface area contributed by atoms with Crippen molar-refractivity contribution < 1.29 is 4.39 Å². The fourth-order valence-electron chi connectivity index (χ4n) is 3.44. The van der Waals surface area contributed by atoms with Crippen LogP contribution in [0.5, 0.6) is 0 Å². The van der Waals surface area contributed by atoms with Crippen LogP contribution in [0.1, 0.15) is 51.5 Å². The minimum atomic E-state index is -0.142. The first-order valence-corrected chi connectivity index (χ1v) is 8.10. The summed E-state index contributed by atoms with van der Waals surface area (Å²) in [6, 6.07) is 5.18. The molecule has 2 rings (SSSR count). The van der Waals surface area contributed by atoms with Crippen molar-refractivity contribution in [3.8, 4) is 0 Å². The molecule has 112 valence electrons. The molecule has 0 aromatic heterocycles. The predicted octanol–water partition coefficient (Wildman–Crippen LogP) is 4.97. The van der Waals surface area contributed by atoms with Gasteiger partial charge in [0, 0.05) is 11.1 Å². The molecule has 1 nitrogen and oxygen atoms in total. The highest BCUT2D eigenvalue weighted by Crippen LogP contribution is 2.40. The number of likely N-dealkylation sites (N-methyl/N-ethyl adjacent to an activating group) is 1. The highest BCUT2D eigenvalue weighted by molar-refractivity contribution is 6.30. The quantitative estimate of drug-likeness (QED) is 0.809. The molecule has 1 aromatic carbocycles. The van der Waals surface area contributed by atoms with Gasteiger partial charge in [-0.05, 0) is 55.0 Å². The van der Waals surface area contributed by atoms with E-state index in [-0.39, 0.29) is 11.2 Å². The topological polar surface area (TPSA) is 12.0 Å². The molecule has 0 saturated heterocycles. The Morgan fingerprint density at radius 2 is 2.00 bits per heavy atom. The van der Waals surface area contributed by atoms with Gasteiger partial charge in [-0.25, -0.2) is 4.39 Å². The van der Waals surface area contributed by atoms with E-state index in [9.17, 15) is 4.39 Å². The fourth-order valence-corrected chi connectivity index (χ4v) is 3.63. The molecule has 20 heavy (non-hydrogen) atoms. The molecule has 1 unspecified atom stereocenters. The maximum atomic E-state index is 14.0. The zero-order valence-electron chi connectivity index (χ0n) is 12.5. The summed E-state index contributed by atoms with van der Waals surface area (Å²) in [6.45, 7) is 5.39. The minimum Gasteiger partial charge on any atom is -0.313 e. The molecule has 3 heteroatoms. The highest BCUT2D eigenvalue weighted by Gasteiger charge is 2.35. The first kappa shape index (κ1) is 15.8. The van der Waals surface area contributed by atoms with Crippen LogP contribution >= 0.6 is 11.6 Å². The molecule has 1 aliphatic rings. The van der Waals surface area contributed by atoms with Gasteiger partial charge in [0.25, 0.3) is 0 Å². The van der Waals surface area contributed by atoms with Crippen LogP contribution in [0.4, 0.5) is 4.39 Å². The molecule has 1 fully saturated rings. The standard InChI is InChI=1S/C17H25ClFN/c1-3-20-16(17(2)9-5-4-6-10-17)12-13-11-14(18)7-8-15(13)19/h7-8,11,16,20H,3-6,9-10,12H2,1-2H3. The number of nitrogens with one attached hydrogen (secondary N) is 1. The molecule has 1 atom stereocenters. The van der Waals surface area contributed by atoms with Gasteiger partial charge in [0.1, 0.15) is 5.82 Å². The molecule has 1 aliphatic carbocycles. The molecule has 0 aliphatic heterocycles. The Hall–Kier alpha value is -0.600. The summed E-state index contributed by atoms with van der Waals surface area (Å²) in [5, 5.41) is 4.19. The SMILES string of the molecule is CCNC(Cc1cc(Cl)ccc1F)C1(C)CCCCC1. The Labute approximate surface area is 126 Å². The van der Waals surface area contributed by atoms with Crippen LogP contribution in [0, 0.1) is 11.2 Å². The lowest BCUT2D eigenvalue weighted by Crippen LogP contribution is -2.46. The van der Waals surface area contributed by atoms with E-state index in [1.807, 2.05) is 0 Å². The summed E-state index contributed by atoms with van der Waals surface area (Å²) in [4.78, 5) is 0. The Morgan fingerprint density at radius 1 is 1.30 bits per heavy atom. The molecule has 0 radical (unpaired) electrons. The van der Waals surface area contributed by atoms with E-state index in [2.05, 4.69) is 19.2 Å². The zero-order chi connectivity index (χ0) is 14.6. The van der Waals surface area contributed by atoms with Crippen LogP contribution in [-0.2, 0) is 6.42 Å². The van der Waals surface area contributed by atoms with E-state index in [1.165, 1.54) is 38.2 Å². The van der Waals surface area contributed by atoms with Crippen LogP contribution in [-0.4, -0.2) is 12.6 Å². The number of halogens is 2. The summed E-state index contributed by atoms with van der Waals surface area (Å²) in [5.74, 6) is -0.142. The number of hydrogen-bond acceptors (Lipinski definition) is 1. The second-order valence-electron chi connectivity index (χ2n) is 6.26. The van der Waals surface area contributed by atoms with E-state index in [4.69, 9.17) is 11.6 Å². The third kappa shape index (κ3) is 3.73. The molecule has 1 N–H and O–H groups in total. The number of rotatable bonds is 5. The molecule has 1 saturated carbocycles. The summed E-state index contributed by atoms with van der Waals surface area (Å²) in [7, 11) is 0. The molecular weight excluding hydrogens is 273 g/mol. The zero-order valence-corrected chi connectivity index (χ0v) is 13.3. The molecular formula is C17H25ClFN. The van der Waals surface area contributed by atoms with E-state index < -0.39 is 0 Å². The van der Waals surface area contributed by atoms with Gasteiger partial charge < -0.3 is 5.32 Å². The fraction of sp³-hybridized carbons (Fsp3) is 0.647. The van der Waals surface area contributed by atoms with Crippen LogP contribution in [0.2, 0.25) is 5.02 Å². The van der Waals surface area contributed by atoms with Crippen molar-refractivity contribution in [2.24, 2.45) is 5.41 Å². The van der Waals surface area contributed by atoms with Crippen molar-refractivity contribution in [1.82, 2.24) is 5.32 Å². The summed E-state index contributed by atoms with van der Waals surface area (Å²) in [5.41, 5.74) is 0.999. The predicted molar refractivity (Wildman–Crippen MR) is 83.8 cm³/mol. The second kappa shape index (κ2) is 6.91. The normalized spacial score (nSPS) is 19.8. The van der Waals surface area contributed by atoms with Gasteiger partial charge in [0.2, 0.25) is 0 Å². The molecule has 0 amide bonds. The van der Waals surface area contributed by atoms with Crippen molar-refractivity contribution in [1.29, 1.82) is 0 Å². The maximum absolute atomic E-state index is 14.0. The first-order valence-electron chi connectivity index (χ1n) is 7.72. The molecule has 0 spiro atoms. The van der Waals surface area contributed by atoms with Gasteiger partial charge >= 0.3 is 0 Å². The Bertz CT molecular complexity index is 441. The van der Waals surface area contributed by atoms with E-state index in [1.54, 1.807) is 12.1 Å². The van der Waals surface area contributed by atoms with Gasteiger partial charge in [-0.3, -0.25) is 0 Å². The van der Waals surface area contributed by atoms with Crippen molar-refractivity contribution in [3.05, 3.63) is 34.6 Å². The van der Waals surface area contributed by atoms with Gasteiger partial charge in [-0.15, -0.1) is 0 Å². The Kier molecular flexibility index (Phi) is 5.45. The third-order valence-corrected chi connectivity index (χ3v) is 4.95. The smallest absolute Gasteiger partial charge is 0.126 e. The van der Waals surface area contributed by atoms with Crippen LogP contribution < -0.4 is 5.32 Å². The van der Waals surface area contributed by atoms with Gasteiger partial charge in [0.05, 0.1) is 0 Å². The van der Waals surface area contributed by atoms with E-state index >= 15 is 0 Å². The minimum absolute atomic E-state index is 0.142. The average molecular weight is 298 g/mol. The average Bonchev–Trinajstić information content (AvgIpc) is 2.43. The summed E-state index contributed by atoms with van der Waals surface area (Å²) in [6.07, 6.45) is 7.09. The monoisotopic (exact) mass is 297 g/mol. The lowest BCUT2D eigenvalue weighted by atomic mass is 9.69. The van der Waals surface area contributed by atoms with Gasteiger partial charge in [-0.1, -0.05) is 44.7 Å². The van der Waals surface area contributed by atoms with Crippen LogP contribution in [0.15, 0.2) is 18.2 Å². The van der Waals surface area contributed by atoms with Crippen molar-refractivity contribution >= 4 is 11.6 Å². The van der Waals surface area contributed by atoms with E-state index in [0.717, 1.165) is 18.5 Å².